The molecule has 0 aliphatic rings. The number of anilines is 2. The van der Waals surface area contributed by atoms with Crippen molar-refractivity contribution in [1.82, 2.24) is 0 Å². The lowest BCUT2D eigenvalue weighted by Gasteiger charge is -2.11. The van der Waals surface area contributed by atoms with Crippen molar-refractivity contribution in [2.75, 3.05) is 10.0 Å². The van der Waals surface area contributed by atoms with Gasteiger partial charge in [0.25, 0.3) is 15.9 Å². The number of ketones is 1. The Morgan fingerprint density at radius 1 is 0.839 bits per heavy atom. The third-order valence-corrected chi connectivity index (χ3v) is 5.73. The summed E-state index contributed by atoms with van der Waals surface area (Å²) in [6.07, 6.45) is 0. The lowest BCUT2D eigenvalue weighted by atomic mass is 10.1. The number of sulfonamides is 1. The van der Waals surface area contributed by atoms with Gasteiger partial charge in [-0.25, -0.2) is 13.2 Å². The molecule has 0 atom stereocenters. The van der Waals surface area contributed by atoms with E-state index < -0.39 is 21.9 Å². The van der Waals surface area contributed by atoms with Gasteiger partial charge in [-0.1, -0.05) is 18.2 Å². The number of rotatable bonds is 7. The van der Waals surface area contributed by atoms with Gasteiger partial charge < -0.3 is 10.4 Å². The number of carbonyl (C=O) groups is 3. The fraction of sp³-hybridized carbons (Fsp3) is 0.0455. The second kappa shape index (κ2) is 8.80. The van der Waals surface area contributed by atoms with Crippen LogP contribution in [0.3, 0.4) is 0 Å². The normalized spacial score (nSPS) is 10.9. The van der Waals surface area contributed by atoms with Crippen molar-refractivity contribution in [3.05, 3.63) is 89.5 Å². The fourth-order valence-electron chi connectivity index (χ4n) is 2.76. The molecule has 0 heterocycles. The largest absolute Gasteiger partial charge is 0.478 e. The van der Waals surface area contributed by atoms with Crippen LogP contribution in [-0.4, -0.2) is 31.2 Å². The first-order chi connectivity index (χ1) is 14.7. The van der Waals surface area contributed by atoms with Crippen molar-refractivity contribution >= 4 is 39.1 Å². The molecule has 3 aromatic rings. The summed E-state index contributed by atoms with van der Waals surface area (Å²) >= 11 is 0. The highest BCUT2D eigenvalue weighted by atomic mass is 32.2. The number of nitrogens with one attached hydrogen (secondary N) is 2. The Kier molecular flexibility index (Phi) is 6.17. The van der Waals surface area contributed by atoms with E-state index in [4.69, 9.17) is 0 Å². The van der Waals surface area contributed by atoms with Gasteiger partial charge in [-0.15, -0.1) is 0 Å². The molecule has 0 unspecified atom stereocenters. The number of para-hydroxylation sites is 1. The van der Waals surface area contributed by atoms with Crippen LogP contribution in [0.15, 0.2) is 77.7 Å². The second-order valence-electron chi connectivity index (χ2n) is 6.57. The Balaban J connectivity index is 1.82. The van der Waals surface area contributed by atoms with Gasteiger partial charge in [-0.3, -0.25) is 14.3 Å². The summed E-state index contributed by atoms with van der Waals surface area (Å²) in [6.45, 7) is 1.41. The average molecular weight is 438 g/mol. The lowest BCUT2D eigenvalue weighted by molar-refractivity contribution is 0.0697. The molecule has 3 N–H and O–H groups in total. The molecule has 8 nitrogen and oxygen atoms in total. The van der Waals surface area contributed by atoms with Gasteiger partial charge in [-0.05, 0) is 61.5 Å². The summed E-state index contributed by atoms with van der Waals surface area (Å²) < 4.78 is 27.8. The molecule has 3 rings (SSSR count). The zero-order chi connectivity index (χ0) is 22.6. The van der Waals surface area contributed by atoms with Crippen molar-refractivity contribution in [2.45, 2.75) is 11.8 Å². The van der Waals surface area contributed by atoms with Crippen LogP contribution in [0.5, 0.6) is 0 Å². The summed E-state index contributed by atoms with van der Waals surface area (Å²) in [6, 6.07) is 17.2. The topological polar surface area (TPSA) is 130 Å². The van der Waals surface area contributed by atoms with Crippen molar-refractivity contribution in [3.63, 3.8) is 0 Å². The summed E-state index contributed by atoms with van der Waals surface area (Å²) in [5.41, 5.74) is 0.751. The number of carboxylic acids is 1. The molecule has 0 aromatic heterocycles. The highest BCUT2D eigenvalue weighted by Crippen LogP contribution is 2.20. The Morgan fingerprint density at radius 2 is 1.52 bits per heavy atom. The summed E-state index contributed by atoms with van der Waals surface area (Å²) in [4.78, 5) is 35.1. The first-order valence-corrected chi connectivity index (χ1v) is 10.5. The minimum Gasteiger partial charge on any atom is -0.478 e. The molecule has 158 valence electrons. The number of carboxylic acid groups (broad SMARTS) is 1. The number of amides is 1. The Labute approximate surface area is 178 Å². The average Bonchev–Trinajstić information content (AvgIpc) is 2.74. The summed E-state index contributed by atoms with van der Waals surface area (Å²) in [7, 11) is -4.01. The second-order valence-corrected chi connectivity index (χ2v) is 8.25. The van der Waals surface area contributed by atoms with Crippen LogP contribution in [0.4, 0.5) is 11.4 Å². The van der Waals surface area contributed by atoms with Crippen molar-refractivity contribution in [2.24, 2.45) is 0 Å². The monoisotopic (exact) mass is 438 g/mol. The van der Waals surface area contributed by atoms with Crippen molar-refractivity contribution in [1.29, 1.82) is 0 Å². The maximum atomic E-state index is 12.7. The minimum absolute atomic E-state index is 0.0370. The fourth-order valence-corrected chi connectivity index (χ4v) is 3.87. The Hall–Kier alpha value is -3.98. The van der Waals surface area contributed by atoms with E-state index in [2.05, 4.69) is 10.0 Å². The molecule has 0 saturated heterocycles. The zero-order valence-corrected chi connectivity index (χ0v) is 17.1. The standard InChI is InChI=1S/C22H18N2O6S/c1-14(25)15-9-11-17(12-10-15)24-31(29,30)18-6-4-5-16(13-18)21(26)23-20-8-3-2-7-19(20)22(27)28/h2-13,24H,1H3,(H,23,26)(H,27,28). The highest BCUT2D eigenvalue weighted by Gasteiger charge is 2.18. The van der Waals surface area contributed by atoms with Crippen LogP contribution in [0.2, 0.25) is 0 Å². The van der Waals surface area contributed by atoms with E-state index in [1.807, 2.05) is 0 Å². The smallest absolute Gasteiger partial charge is 0.337 e. The van der Waals surface area contributed by atoms with Gasteiger partial charge in [0, 0.05) is 16.8 Å². The SMILES string of the molecule is CC(=O)c1ccc(NS(=O)(=O)c2cccc(C(=O)Nc3ccccc3C(=O)O)c2)cc1. The van der Waals surface area contributed by atoms with Gasteiger partial charge in [0.15, 0.2) is 5.78 Å². The van der Waals surface area contributed by atoms with E-state index in [0.717, 1.165) is 0 Å². The molecule has 9 heteroatoms. The predicted octanol–water partition coefficient (Wildman–Crippen LogP) is 3.64. The van der Waals surface area contributed by atoms with Crippen molar-refractivity contribution < 1.29 is 27.9 Å². The van der Waals surface area contributed by atoms with Crippen LogP contribution >= 0.6 is 0 Å². The van der Waals surface area contributed by atoms with E-state index >= 15 is 0 Å². The van der Waals surface area contributed by atoms with Crippen molar-refractivity contribution in [3.8, 4) is 0 Å². The molecular formula is C22H18N2O6S. The van der Waals surface area contributed by atoms with E-state index in [0.29, 0.717) is 5.56 Å². The van der Waals surface area contributed by atoms with E-state index in [1.165, 1.54) is 73.7 Å². The number of hydrogen-bond donors (Lipinski definition) is 3. The molecule has 0 bridgehead atoms. The summed E-state index contributed by atoms with van der Waals surface area (Å²) in [5.74, 6) is -2.00. The number of Topliss-reactive ketones (excluding diaryl/α,β-unsaturated/α-hetero) is 1. The third-order valence-electron chi connectivity index (χ3n) is 4.36. The first-order valence-electron chi connectivity index (χ1n) is 9.05. The first kappa shape index (κ1) is 21.7. The maximum absolute atomic E-state index is 12.7. The van der Waals surface area contributed by atoms with Gasteiger partial charge >= 0.3 is 5.97 Å². The number of aromatic carboxylic acids is 1. The van der Waals surface area contributed by atoms with E-state index in [9.17, 15) is 27.9 Å². The molecule has 0 spiro atoms. The lowest BCUT2D eigenvalue weighted by Crippen LogP contribution is -2.17. The Bertz CT molecular complexity index is 1270. The van der Waals surface area contributed by atoms with Gasteiger partial charge in [-0.2, -0.15) is 0 Å². The Morgan fingerprint density at radius 3 is 2.16 bits per heavy atom. The maximum Gasteiger partial charge on any atom is 0.337 e. The predicted molar refractivity (Wildman–Crippen MR) is 115 cm³/mol. The number of carbonyl (C=O) groups excluding carboxylic acids is 2. The van der Waals surface area contributed by atoms with Gasteiger partial charge in [0.2, 0.25) is 0 Å². The molecule has 3 aromatic carbocycles. The molecule has 0 saturated carbocycles. The van der Waals surface area contributed by atoms with E-state index in [-0.39, 0.29) is 33.2 Å². The third kappa shape index (κ3) is 5.14. The molecule has 0 aliphatic heterocycles. The molecule has 0 aliphatic carbocycles. The molecular weight excluding hydrogens is 420 g/mol. The van der Waals surface area contributed by atoms with Gasteiger partial charge in [0.05, 0.1) is 16.1 Å². The van der Waals surface area contributed by atoms with Crippen LogP contribution in [0.1, 0.15) is 38.0 Å². The minimum atomic E-state index is -4.01. The van der Waals surface area contributed by atoms with Gasteiger partial charge in [0.1, 0.15) is 0 Å². The van der Waals surface area contributed by atoms with Crippen LogP contribution in [-0.2, 0) is 10.0 Å². The quantitative estimate of drug-likeness (QED) is 0.483. The number of hydrogen-bond acceptors (Lipinski definition) is 5. The van der Waals surface area contributed by atoms with Crippen LogP contribution < -0.4 is 10.0 Å². The summed E-state index contributed by atoms with van der Waals surface area (Å²) in [5, 5.41) is 11.7. The molecule has 31 heavy (non-hydrogen) atoms. The van der Waals surface area contributed by atoms with Crippen LogP contribution in [0, 0.1) is 0 Å². The molecule has 1 amide bonds. The molecule has 0 radical (unpaired) electrons. The number of benzene rings is 3. The zero-order valence-electron chi connectivity index (χ0n) is 16.3. The van der Waals surface area contributed by atoms with Crippen LogP contribution in [0.25, 0.3) is 0 Å². The molecule has 0 fully saturated rings. The van der Waals surface area contributed by atoms with E-state index in [1.54, 1.807) is 6.07 Å². The highest BCUT2D eigenvalue weighted by molar-refractivity contribution is 7.92.